The Kier molecular flexibility index (Phi) is 5.38. The molecule has 0 aliphatic rings. The first kappa shape index (κ1) is 18.5. The highest BCUT2D eigenvalue weighted by Gasteiger charge is 2.14. The van der Waals surface area contributed by atoms with Gasteiger partial charge in [-0.1, -0.05) is 44.5 Å². The minimum atomic E-state index is -0.271. The van der Waals surface area contributed by atoms with Crippen LogP contribution < -0.4 is 0 Å². The van der Waals surface area contributed by atoms with Crippen LogP contribution in [0.1, 0.15) is 48.7 Å². The van der Waals surface area contributed by atoms with Crippen molar-refractivity contribution in [1.29, 1.82) is 0 Å². The fourth-order valence-electron chi connectivity index (χ4n) is 2.97. The van der Waals surface area contributed by atoms with Crippen LogP contribution in [0.2, 0.25) is 5.02 Å². The maximum absolute atomic E-state index is 12.2. The monoisotopic (exact) mass is 369 g/mol. The summed E-state index contributed by atoms with van der Waals surface area (Å²) in [5, 5.41) is 1.85. The average Bonchev–Trinajstić information content (AvgIpc) is 3.00. The number of nitrogens with one attached hydrogen (secondary N) is 1. The highest BCUT2D eigenvalue weighted by atomic mass is 35.5. The third-order valence-electron chi connectivity index (χ3n) is 4.54. The molecule has 0 spiro atoms. The van der Waals surface area contributed by atoms with E-state index in [2.05, 4.69) is 25.8 Å². The smallest absolute Gasteiger partial charge is 0.338 e. The molecule has 0 fully saturated rings. The van der Waals surface area contributed by atoms with E-state index < -0.39 is 0 Å². The van der Waals surface area contributed by atoms with Crippen molar-refractivity contribution in [2.75, 3.05) is 6.61 Å². The average molecular weight is 370 g/mol. The van der Waals surface area contributed by atoms with Crippen molar-refractivity contribution >= 4 is 28.5 Å². The molecule has 1 N–H and O–H groups in total. The van der Waals surface area contributed by atoms with E-state index in [1.807, 2.05) is 48.7 Å². The van der Waals surface area contributed by atoms with E-state index in [-0.39, 0.29) is 11.4 Å². The largest absolute Gasteiger partial charge is 0.462 e. The number of H-pyrrole nitrogens is 1. The van der Waals surface area contributed by atoms with Crippen LogP contribution in [0.5, 0.6) is 0 Å². The third-order valence-corrected chi connectivity index (χ3v) is 4.77. The second-order valence-corrected chi connectivity index (χ2v) is 8.01. The molecule has 3 nitrogen and oxygen atoms in total. The van der Waals surface area contributed by atoms with Gasteiger partial charge < -0.3 is 9.72 Å². The van der Waals surface area contributed by atoms with Gasteiger partial charge in [0.1, 0.15) is 0 Å². The molecule has 3 aromatic rings. The number of esters is 1. The molecule has 0 bridgehead atoms. The number of halogens is 1. The van der Waals surface area contributed by atoms with Gasteiger partial charge in [-0.15, -0.1) is 0 Å². The van der Waals surface area contributed by atoms with Gasteiger partial charge in [0.2, 0.25) is 0 Å². The molecule has 2 aromatic carbocycles. The fraction of sp³-hybridized carbons (Fsp3) is 0.318. The summed E-state index contributed by atoms with van der Waals surface area (Å²) in [6.07, 6.45) is 3.59. The molecule has 0 aliphatic carbocycles. The molecular weight excluding hydrogens is 346 g/mol. The molecule has 26 heavy (non-hydrogen) atoms. The van der Waals surface area contributed by atoms with Gasteiger partial charge >= 0.3 is 5.97 Å². The number of carbonyl (C=O) groups excluding carboxylic acids is 1. The van der Waals surface area contributed by atoms with Crippen LogP contribution in [0.3, 0.4) is 0 Å². The number of hydrogen-bond acceptors (Lipinski definition) is 2. The van der Waals surface area contributed by atoms with E-state index in [0.717, 1.165) is 28.8 Å². The lowest BCUT2D eigenvalue weighted by Gasteiger charge is -2.18. The van der Waals surface area contributed by atoms with Crippen LogP contribution in [-0.2, 0) is 16.6 Å². The van der Waals surface area contributed by atoms with Crippen LogP contribution in [0.25, 0.3) is 10.9 Å². The van der Waals surface area contributed by atoms with Gasteiger partial charge in [-0.25, -0.2) is 4.79 Å². The first-order valence-corrected chi connectivity index (χ1v) is 9.25. The van der Waals surface area contributed by atoms with Crippen LogP contribution >= 0.6 is 11.6 Å². The number of ether oxygens (including phenoxy) is 1. The Morgan fingerprint density at radius 2 is 1.85 bits per heavy atom. The molecule has 0 saturated heterocycles. The predicted molar refractivity (Wildman–Crippen MR) is 107 cm³/mol. The van der Waals surface area contributed by atoms with Gasteiger partial charge in [-0.3, -0.25) is 0 Å². The maximum Gasteiger partial charge on any atom is 0.338 e. The minimum absolute atomic E-state index is 0.0741. The number of aromatic nitrogens is 1. The van der Waals surface area contributed by atoms with E-state index in [1.54, 1.807) is 0 Å². The molecule has 1 aromatic heterocycles. The van der Waals surface area contributed by atoms with E-state index >= 15 is 0 Å². The zero-order valence-corrected chi connectivity index (χ0v) is 16.2. The van der Waals surface area contributed by atoms with E-state index in [0.29, 0.717) is 12.2 Å². The number of rotatable bonds is 5. The zero-order valence-electron chi connectivity index (χ0n) is 15.4. The summed E-state index contributed by atoms with van der Waals surface area (Å²) in [6, 6.07) is 13.5. The van der Waals surface area contributed by atoms with Crippen molar-refractivity contribution in [3.8, 4) is 0 Å². The Balaban J connectivity index is 1.53. The molecule has 0 amide bonds. The molecule has 1 heterocycles. The first-order valence-electron chi connectivity index (χ1n) is 8.88. The standard InChI is InChI=1S/C22H24ClNO2/c1-22(2,3)17-8-6-15(7-9-17)21(25)26-12-4-5-16-14-24-20-11-10-18(23)13-19(16)20/h6-11,13-14,24H,4-5,12H2,1-3H3. The van der Waals surface area contributed by atoms with Gasteiger partial charge in [-0.05, 0) is 59.7 Å². The van der Waals surface area contributed by atoms with E-state index in [9.17, 15) is 4.79 Å². The molecule has 0 aliphatic heterocycles. The molecule has 3 rings (SSSR count). The summed E-state index contributed by atoms with van der Waals surface area (Å²) in [5.41, 5.74) is 4.13. The van der Waals surface area contributed by atoms with Crippen molar-refractivity contribution in [2.45, 2.75) is 39.0 Å². The van der Waals surface area contributed by atoms with Crippen molar-refractivity contribution < 1.29 is 9.53 Å². The number of carbonyl (C=O) groups is 1. The Bertz CT molecular complexity index is 904. The number of fused-ring (bicyclic) bond motifs is 1. The molecule has 0 atom stereocenters. The summed E-state index contributed by atoms with van der Waals surface area (Å²) < 4.78 is 5.41. The van der Waals surface area contributed by atoms with Crippen molar-refractivity contribution in [2.24, 2.45) is 0 Å². The molecule has 136 valence electrons. The molecular formula is C22H24ClNO2. The summed E-state index contributed by atoms with van der Waals surface area (Å²) in [6.45, 7) is 6.85. The van der Waals surface area contributed by atoms with Crippen molar-refractivity contribution in [1.82, 2.24) is 4.98 Å². The van der Waals surface area contributed by atoms with Gasteiger partial charge in [0.25, 0.3) is 0 Å². The summed E-state index contributed by atoms with van der Waals surface area (Å²) in [5.74, 6) is -0.271. The molecule has 0 saturated carbocycles. The lowest BCUT2D eigenvalue weighted by Crippen LogP contribution is -2.12. The second kappa shape index (κ2) is 7.55. The lowest BCUT2D eigenvalue weighted by molar-refractivity contribution is 0.0500. The van der Waals surface area contributed by atoms with Crippen LogP contribution in [0, 0.1) is 0 Å². The number of hydrogen-bond donors (Lipinski definition) is 1. The Labute approximate surface area is 159 Å². The number of aryl methyl sites for hydroxylation is 1. The number of aromatic amines is 1. The van der Waals surface area contributed by atoms with Crippen molar-refractivity contribution in [3.63, 3.8) is 0 Å². The molecule has 4 heteroatoms. The Morgan fingerprint density at radius 1 is 1.12 bits per heavy atom. The van der Waals surface area contributed by atoms with Gasteiger partial charge in [0.15, 0.2) is 0 Å². The van der Waals surface area contributed by atoms with Gasteiger partial charge in [0, 0.05) is 22.1 Å². The summed E-state index contributed by atoms with van der Waals surface area (Å²) >= 11 is 6.07. The summed E-state index contributed by atoms with van der Waals surface area (Å²) in [7, 11) is 0. The normalized spacial score (nSPS) is 11.7. The van der Waals surface area contributed by atoms with Gasteiger partial charge in [-0.2, -0.15) is 0 Å². The van der Waals surface area contributed by atoms with Crippen LogP contribution in [-0.4, -0.2) is 17.6 Å². The minimum Gasteiger partial charge on any atom is -0.462 e. The zero-order chi connectivity index (χ0) is 18.7. The van der Waals surface area contributed by atoms with E-state index in [1.165, 1.54) is 11.1 Å². The SMILES string of the molecule is CC(C)(C)c1ccc(C(=O)OCCCc2c[nH]c3ccc(Cl)cc23)cc1. The van der Waals surface area contributed by atoms with Crippen molar-refractivity contribution in [3.05, 3.63) is 70.4 Å². The fourth-order valence-corrected chi connectivity index (χ4v) is 3.15. The highest BCUT2D eigenvalue weighted by molar-refractivity contribution is 6.31. The maximum atomic E-state index is 12.2. The van der Waals surface area contributed by atoms with Crippen LogP contribution in [0.15, 0.2) is 48.7 Å². The van der Waals surface area contributed by atoms with Crippen LogP contribution in [0.4, 0.5) is 0 Å². The number of benzene rings is 2. The summed E-state index contributed by atoms with van der Waals surface area (Å²) in [4.78, 5) is 15.4. The molecule has 0 unspecified atom stereocenters. The third kappa shape index (κ3) is 4.28. The molecule has 0 radical (unpaired) electrons. The predicted octanol–water partition coefficient (Wildman–Crippen LogP) is 5.91. The second-order valence-electron chi connectivity index (χ2n) is 7.57. The van der Waals surface area contributed by atoms with E-state index in [4.69, 9.17) is 16.3 Å². The first-order chi connectivity index (χ1) is 12.3. The lowest BCUT2D eigenvalue weighted by atomic mass is 9.87. The highest BCUT2D eigenvalue weighted by Crippen LogP contribution is 2.24. The van der Waals surface area contributed by atoms with Gasteiger partial charge in [0.05, 0.1) is 12.2 Å². The topological polar surface area (TPSA) is 42.1 Å². The quantitative estimate of drug-likeness (QED) is 0.448. The Hall–Kier alpha value is -2.26. The Morgan fingerprint density at radius 3 is 2.54 bits per heavy atom.